The Morgan fingerprint density at radius 2 is 1.27 bits per heavy atom. The number of carboxylic acids is 1. The maximum atomic E-state index is 11.6. The van der Waals surface area contributed by atoms with Gasteiger partial charge in [-0.05, 0) is 63.5 Å². The fraction of sp³-hybridized carbons (Fsp3) is 0.500. The molecule has 0 radical (unpaired) electrons. The Balaban J connectivity index is 2.40. The molecule has 0 aliphatic rings. The number of benzene rings is 2. The number of phenolic OH excluding ortho intramolecular Hbond substituents is 2. The molecule has 2 aromatic rings. The van der Waals surface area contributed by atoms with E-state index in [1.165, 1.54) is 0 Å². The van der Waals surface area contributed by atoms with Crippen LogP contribution in [0.2, 0.25) is 0 Å². The van der Waals surface area contributed by atoms with E-state index in [1.54, 1.807) is 12.1 Å². The molecule has 2 rings (SSSR count). The van der Waals surface area contributed by atoms with Crippen LogP contribution in [0.3, 0.4) is 0 Å². The van der Waals surface area contributed by atoms with Gasteiger partial charge in [0.25, 0.3) is 0 Å². The van der Waals surface area contributed by atoms with Crippen molar-refractivity contribution in [1.82, 2.24) is 0 Å². The van der Waals surface area contributed by atoms with E-state index < -0.39 is 5.97 Å². The maximum Gasteiger partial charge on any atom is 0.303 e. The van der Waals surface area contributed by atoms with Gasteiger partial charge in [0, 0.05) is 0 Å². The summed E-state index contributed by atoms with van der Waals surface area (Å²) >= 11 is 0. The highest BCUT2D eigenvalue weighted by atomic mass is 16.4. The SMILES string of the molecule is CC(CC(CC(=O)O)c1ccc(O)c(C(C)(C)C)c1)c1ccc(O)c(C(C)(C)C)c1. The van der Waals surface area contributed by atoms with Gasteiger partial charge in [-0.15, -0.1) is 0 Å². The number of rotatable bonds is 6. The van der Waals surface area contributed by atoms with Crippen LogP contribution in [-0.4, -0.2) is 21.3 Å². The number of hydrogen-bond donors (Lipinski definition) is 3. The van der Waals surface area contributed by atoms with Crippen LogP contribution in [0.25, 0.3) is 0 Å². The third-order valence-corrected chi connectivity index (χ3v) is 5.76. The van der Waals surface area contributed by atoms with E-state index in [2.05, 4.69) is 27.7 Å². The van der Waals surface area contributed by atoms with Crippen LogP contribution in [0.5, 0.6) is 11.5 Å². The van der Waals surface area contributed by atoms with Crippen LogP contribution in [0, 0.1) is 0 Å². The van der Waals surface area contributed by atoms with Crippen molar-refractivity contribution in [3.8, 4) is 11.5 Å². The number of carboxylic acid groups (broad SMARTS) is 1. The van der Waals surface area contributed by atoms with Gasteiger partial charge in [0.15, 0.2) is 0 Å². The summed E-state index contributed by atoms with van der Waals surface area (Å²) in [5, 5.41) is 30.1. The van der Waals surface area contributed by atoms with Crippen LogP contribution in [-0.2, 0) is 15.6 Å². The molecule has 0 aliphatic heterocycles. The predicted molar refractivity (Wildman–Crippen MR) is 122 cm³/mol. The Morgan fingerprint density at radius 1 is 0.833 bits per heavy atom. The molecule has 2 aromatic carbocycles. The zero-order valence-electron chi connectivity index (χ0n) is 19.3. The predicted octanol–water partition coefficient (Wildman–Crippen LogP) is 6.44. The minimum Gasteiger partial charge on any atom is -0.508 e. The monoisotopic (exact) mass is 412 g/mol. The van der Waals surface area contributed by atoms with Crippen LogP contribution in [0.4, 0.5) is 0 Å². The van der Waals surface area contributed by atoms with Crippen molar-refractivity contribution in [2.75, 3.05) is 0 Å². The average molecular weight is 413 g/mol. The van der Waals surface area contributed by atoms with Crippen molar-refractivity contribution in [2.24, 2.45) is 0 Å². The quantitative estimate of drug-likeness (QED) is 0.510. The Hall–Kier alpha value is -2.49. The van der Waals surface area contributed by atoms with E-state index in [-0.39, 0.29) is 40.6 Å². The first-order valence-corrected chi connectivity index (χ1v) is 10.6. The second kappa shape index (κ2) is 8.71. The Labute approximate surface area is 180 Å². The van der Waals surface area contributed by atoms with E-state index in [9.17, 15) is 20.1 Å². The smallest absolute Gasteiger partial charge is 0.303 e. The summed E-state index contributed by atoms with van der Waals surface area (Å²) in [6.45, 7) is 14.4. The normalized spacial score (nSPS) is 14.4. The van der Waals surface area contributed by atoms with Gasteiger partial charge >= 0.3 is 5.97 Å². The summed E-state index contributed by atoms with van der Waals surface area (Å²) in [7, 11) is 0. The molecule has 0 fully saturated rings. The molecular weight excluding hydrogens is 376 g/mol. The van der Waals surface area contributed by atoms with E-state index >= 15 is 0 Å². The first-order valence-electron chi connectivity index (χ1n) is 10.6. The van der Waals surface area contributed by atoms with Gasteiger partial charge in [0.1, 0.15) is 11.5 Å². The summed E-state index contributed by atoms with van der Waals surface area (Å²) in [5.41, 5.74) is 3.31. The molecule has 4 nitrogen and oxygen atoms in total. The van der Waals surface area contributed by atoms with Crippen molar-refractivity contribution in [1.29, 1.82) is 0 Å². The van der Waals surface area contributed by atoms with E-state index in [0.717, 1.165) is 22.3 Å². The van der Waals surface area contributed by atoms with Crippen LogP contribution in [0.15, 0.2) is 36.4 Å². The molecule has 0 bridgehead atoms. The molecule has 0 saturated carbocycles. The molecule has 0 aromatic heterocycles. The molecular formula is C26H36O4. The number of phenols is 2. The van der Waals surface area contributed by atoms with Gasteiger partial charge in [-0.25, -0.2) is 0 Å². The Morgan fingerprint density at radius 3 is 1.70 bits per heavy atom. The van der Waals surface area contributed by atoms with Crippen molar-refractivity contribution in [3.63, 3.8) is 0 Å². The second-order valence-electron chi connectivity index (χ2n) is 10.5. The lowest BCUT2D eigenvalue weighted by Crippen LogP contribution is -2.15. The van der Waals surface area contributed by atoms with Gasteiger partial charge in [-0.3, -0.25) is 4.79 Å². The second-order valence-corrected chi connectivity index (χ2v) is 10.5. The van der Waals surface area contributed by atoms with Crippen molar-refractivity contribution < 1.29 is 20.1 Å². The summed E-state index contributed by atoms with van der Waals surface area (Å²) in [6.07, 6.45) is 0.692. The summed E-state index contributed by atoms with van der Waals surface area (Å²) in [4.78, 5) is 11.6. The van der Waals surface area contributed by atoms with Gasteiger partial charge in [-0.1, -0.05) is 72.7 Å². The molecule has 164 valence electrons. The third kappa shape index (κ3) is 5.78. The van der Waals surface area contributed by atoms with Crippen molar-refractivity contribution >= 4 is 5.97 Å². The van der Waals surface area contributed by atoms with Crippen molar-refractivity contribution in [3.05, 3.63) is 58.7 Å². The molecule has 0 heterocycles. The first-order chi connectivity index (χ1) is 13.7. The lowest BCUT2D eigenvalue weighted by molar-refractivity contribution is -0.137. The Kier molecular flexibility index (Phi) is 6.90. The van der Waals surface area contributed by atoms with E-state index in [4.69, 9.17) is 0 Å². The fourth-order valence-electron chi connectivity index (χ4n) is 3.98. The highest BCUT2D eigenvalue weighted by Crippen LogP contribution is 2.39. The fourth-order valence-corrected chi connectivity index (χ4v) is 3.98. The molecule has 0 spiro atoms. The largest absolute Gasteiger partial charge is 0.508 e. The van der Waals surface area contributed by atoms with Gasteiger partial charge in [0.2, 0.25) is 0 Å². The maximum absolute atomic E-state index is 11.6. The number of hydrogen-bond acceptors (Lipinski definition) is 3. The lowest BCUT2D eigenvalue weighted by Gasteiger charge is -2.26. The standard InChI is InChI=1S/C26H36O4/c1-16(17-8-10-22(27)20(13-17)25(2,3)4)12-19(15-24(29)30)18-9-11-23(28)21(14-18)26(5,6)7/h8-11,13-14,16,19,27-28H,12,15H2,1-7H3,(H,29,30). The van der Waals surface area contributed by atoms with Crippen molar-refractivity contribution in [2.45, 2.75) is 84.0 Å². The van der Waals surface area contributed by atoms with Gasteiger partial charge in [-0.2, -0.15) is 0 Å². The topological polar surface area (TPSA) is 77.8 Å². The number of aliphatic carboxylic acids is 1. The molecule has 0 saturated heterocycles. The van der Waals surface area contributed by atoms with E-state index in [1.807, 2.05) is 45.0 Å². The zero-order valence-corrected chi connectivity index (χ0v) is 19.3. The highest BCUT2D eigenvalue weighted by Gasteiger charge is 2.25. The van der Waals surface area contributed by atoms with E-state index in [0.29, 0.717) is 6.42 Å². The molecule has 0 aliphatic carbocycles. The molecule has 0 amide bonds. The molecule has 3 N–H and O–H groups in total. The summed E-state index contributed by atoms with van der Waals surface area (Å²) in [6, 6.07) is 11.2. The summed E-state index contributed by atoms with van der Waals surface area (Å²) < 4.78 is 0. The van der Waals surface area contributed by atoms with Gasteiger partial charge < -0.3 is 15.3 Å². The minimum atomic E-state index is -0.835. The van der Waals surface area contributed by atoms with Crippen LogP contribution >= 0.6 is 0 Å². The molecule has 2 unspecified atom stereocenters. The summed E-state index contributed by atoms with van der Waals surface area (Å²) in [5.74, 6) is -0.372. The molecule has 30 heavy (non-hydrogen) atoms. The highest BCUT2D eigenvalue weighted by molar-refractivity contribution is 5.68. The lowest BCUT2D eigenvalue weighted by atomic mass is 9.79. The van der Waals surface area contributed by atoms with Crippen LogP contribution in [0.1, 0.15) is 95.4 Å². The van der Waals surface area contributed by atoms with Crippen LogP contribution < -0.4 is 0 Å². The average Bonchev–Trinajstić information content (AvgIpc) is 2.59. The zero-order chi connectivity index (χ0) is 22.9. The number of aromatic hydroxyl groups is 2. The van der Waals surface area contributed by atoms with Gasteiger partial charge in [0.05, 0.1) is 6.42 Å². The minimum absolute atomic E-state index is 0.0307. The third-order valence-electron chi connectivity index (χ3n) is 5.76. The Bertz CT molecular complexity index is 900. The molecule has 4 heteroatoms. The number of carbonyl (C=O) groups is 1. The first kappa shape index (κ1) is 23.8. The molecule has 2 atom stereocenters.